The molecule has 3 nitrogen and oxygen atoms in total. The minimum atomic E-state index is -0.655. The number of rotatable bonds is 2. The smallest absolute Gasteiger partial charge is 0.165 e. The van der Waals surface area contributed by atoms with Crippen molar-refractivity contribution in [1.82, 2.24) is 0 Å². The molecule has 0 aliphatic rings. The SMILES string of the molecule is ON=Cc1ccc(-c2ccc(O)c(F)c2)c2ccccc12. The van der Waals surface area contributed by atoms with E-state index in [4.69, 9.17) is 5.21 Å². The van der Waals surface area contributed by atoms with E-state index in [2.05, 4.69) is 5.16 Å². The molecule has 0 bridgehead atoms. The van der Waals surface area contributed by atoms with Gasteiger partial charge in [0.1, 0.15) is 0 Å². The van der Waals surface area contributed by atoms with Crippen LogP contribution < -0.4 is 0 Å². The molecule has 0 fully saturated rings. The van der Waals surface area contributed by atoms with Crippen molar-refractivity contribution in [3.8, 4) is 16.9 Å². The van der Waals surface area contributed by atoms with E-state index in [0.29, 0.717) is 5.56 Å². The third-order valence-corrected chi connectivity index (χ3v) is 3.41. The van der Waals surface area contributed by atoms with Gasteiger partial charge in [0.15, 0.2) is 11.6 Å². The van der Waals surface area contributed by atoms with Crippen LogP contribution in [-0.2, 0) is 0 Å². The highest BCUT2D eigenvalue weighted by molar-refractivity contribution is 6.06. The van der Waals surface area contributed by atoms with Gasteiger partial charge in [0.25, 0.3) is 0 Å². The van der Waals surface area contributed by atoms with Gasteiger partial charge in [-0.25, -0.2) is 4.39 Å². The second kappa shape index (κ2) is 5.25. The zero-order chi connectivity index (χ0) is 14.8. The first-order chi connectivity index (χ1) is 10.2. The van der Waals surface area contributed by atoms with Crippen LogP contribution in [0.3, 0.4) is 0 Å². The molecule has 2 N–H and O–H groups in total. The maximum Gasteiger partial charge on any atom is 0.165 e. The first-order valence-corrected chi connectivity index (χ1v) is 6.39. The molecule has 0 aliphatic carbocycles. The molecule has 3 aromatic rings. The number of hydrogen-bond acceptors (Lipinski definition) is 3. The minimum Gasteiger partial charge on any atom is -0.505 e. The first kappa shape index (κ1) is 13.1. The largest absolute Gasteiger partial charge is 0.505 e. The normalized spacial score (nSPS) is 11.3. The van der Waals surface area contributed by atoms with Gasteiger partial charge in [-0.2, -0.15) is 0 Å². The van der Waals surface area contributed by atoms with Gasteiger partial charge in [-0.05, 0) is 34.0 Å². The van der Waals surface area contributed by atoms with Crippen LogP contribution in [0.4, 0.5) is 4.39 Å². The summed E-state index contributed by atoms with van der Waals surface area (Å²) in [5, 5.41) is 22.9. The molecule has 4 heteroatoms. The number of oxime groups is 1. The van der Waals surface area contributed by atoms with Crippen molar-refractivity contribution in [3.63, 3.8) is 0 Å². The average molecular weight is 281 g/mol. The molecule has 0 saturated heterocycles. The summed E-state index contributed by atoms with van der Waals surface area (Å²) in [6.07, 6.45) is 1.36. The molecular formula is C17H12FNO2. The molecule has 0 atom stereocenters. The molecule has 0 unspecified atom stereocenters. The molecule has 0 saturated carbocycles. The van der Waals surface area contributed by atoms with Crippen LogP contribution in [0, 0.1) is 5.82 Å². The van der Waals surface area contributed by atoms with E-state index in [-0.39, 0.29) is 5.75 Å². The predicted octanol–water partition coefficient (Wildman–Crippen LogP) is 4.16. The molecule has 3 aromatic carbocycles. The van der Waals surface area contributed by atoms with Crippen molar-refractivity contribution >= 4 is 17.0 Å². The highest BCUT2D eigenvalue weighted by Gasteiger charge is 2.09. The van der Waals surface area contributed by atoms with Crippen molar-refractivity contribution in [2.45, 2.75) is 0 Å². The fourth-order valence-corrected chi connectivity index (χ4v) is 2.42. The molecule has 3 rings (SSSR count). The van der Waals surface area contributed by atoms with Crippen molar-refractivity contribution in [2.75, 3.05) is 0 Å². The first-order valence-electron chi connectivity index (χ1n) is 6.39. The van der Waals surface area contributed by atoms with Gasteiger partial charge >= 0.3 is 0 Å². The van der Waals surface area contributed by atoms with Crippen LogP contribution in [-0.4, -0.2) is 16.5 Å². The standard InChI is InChI=1S/C17H12FNO2/c18-16-9-11(6-8-17(16)20)14-7-5-12(10-19-21)13-3-1-2-4-15(13)14/h1-10,20-21H. The second-order valence-corrected chi connectivity index (χ2v) is 4.66. The summed E-state index contributed by atoms with van der Waals surface area (Å²) >= 11 is 0. The second-order valence-electron chi connectivity index (χ2n) is 4.66. The number of aromatic hydroxyl groups is 1. The topological polar surface area (TPSA) is 52.8 Å². The average Bonchev–Trinajstić information content (AvgIpc) is 2.51. The number of fused-ring (bicyclic) bond motifs is 1. The van der Waals surface area contributed by atoms with Crippen LogP contribution in [0.1, 0.15) is 5.56 Å². The van der Waals surface area contributed by atoms with Gasteiger partial charge in [0, 0.05) is 5.56 Å². The number of phenolic OH excluding ortho intramolecular Hbond substituents is 1. The maximum absolute atomic E-state index is 13.6. The summed E-state index contributed by atoms with van der Waals surface area (Å²) in [6, 6.07) is 15.6. The molecule has 0 aromatic heterocycles. The Bertz CT molecular complexity index is 843. The lowest BCUT2D eigenvalue weighted by atomic mass is 9.95. The number of hydrogen-bond donors (Lipinski definition) is 2. The van der Waals surface area contributed by atoms with Gasteiger partial charge in [0.2, 0.25) is 0 Å². The summed E-state index contributed by atoms with van der Waals surface area (Å²) in [7, 11) is 0. The Morgan fingerprint density at radius 2 is 1.71 bits per heavy atom. The van der Waals surface area contributed by atoms with Crippen molar-refractivity contribution in [1.29, 1.82) is 0 Å². The Morgan fingerprint density at radius 3 is 2.43 bits per heavy atom. The minimum absolute atomic E-state index is 0.368. The molecule has 0 heterocycles. The fourth-order valence-electron chi connectivity index (χ4n) is 2.42. The van der Waals surface area contributed by atoms with Gasteiger partial charge in [-0.1, -0.05) is 47.6 Å². The van der Waals surface area contributed by atoms with Crippen LogP contribution in [0.15, 0.2) is 59.8 Å². The summed E-state index contributed by atoms with van der Waals surface area (Å²) in [5.74, 6) is -1.02. The van der Waals surface area contributed by atoms with Gasteiger partial charge < -0.3 is 10.3 Å². The van der Waals surface area contributed by atoms with Gasteiger partial charge in [0.05, 0.1) is 6.21 Å². The van der Waals surface area contributed by atoms with Crippen LogP contribution in [0.2, 0.25) is 0 Å². The summed E-state index contributed by atoms with van der Waals surface area (Å²) < 4.78 is 13.6. The van der Waals surface area contributed by atoms with Crippen molar-refractivity contribution in [3.05, 3.63) is 66.0 Å². The van der Waals surface area contributed by atoms with Crippen molar-refractivity contribution < 1.29 is 14.7 Å². The van der Waals surface area contributed by atoms with Gasteiger partial charge in [-0.3, -0.25) is 0 Å². The zero-order valence-electron chi connectivity index (χ0n) is 11.0. The summed E-state index contributed by atoms with van der Waals surface area (Å²) in [6.45, 7) is 0. The lowest BCUT2D eigenvalue weighted by Gasteiger charge is -2.09. The van der Waals surface area contributed by atoms with Crippen LogP contribution in [0.25, 0.3) is 21.9 Å². The lowest BCUT2D eigenvalue weighted by molar-refractivity contribution is 0.322. The molecule has 104 valence electrons. The van der Waals surface area contributed by atoms with Gasteiger partial charge in [-0.15, -0.1) is 0 Å². The molecule has 0 aliphatic heterocycles. The van der Waals surface area contributed by atoms with E-state index in [0.717, 1.165) is 21.9 Å². The summed E-state index contributed by atoms with van der Waals surface area (Å²) in [4.78, 5) is 0. The monoisotopic (exact) mass is 281 g/mol. The Morgan fingerprint density at radius 1 is 0.952 bits per heavy atom. The number of benzene rings is 3. The Hall–Kier alpha value is -2.88. The summed E-state index contributed by atoms with van der Waals surface area (Å²) in [5.41, 5.74) is 2.30. The molecule has 21 heavy (non-hydrogen) atoms. The van der Waals surface area contributed by atoms with E-state index in [1.54, 1.807) is 6.07 Å². The highest BCUT2D eigenvalue weighted by atomic mass is 19.1. The Labute approximate surface area is 120 Å². The highest BCUT2D eigenvalue weighted by Crippen LogP contribution is 2.32. The van der Waals surface area contributed by atoms with E-state index in [1.807, 2.05) is 36.4 Å². The van der Waals surface area contributed by atoms with Crippen LogP contribution >= 0.6 is 0 Å². The third-order valence-electron chi connectivity index (χ3n) is 3.41. The number of nitrogens with zero attached hydrogens (tertiary/aromatic N) is 1. The third kappa shape index (κ3) is 2.31. The maximum atomic E-state index is 13.6. The van der Waals surface area contributed by atoms with E-state index in [9.17, 15) is 9.50 Å². The van der Waals surface area contributed by atoms with E-state index >= 15 is 0 Å². The fraction of sp³-hybridized carbons (Fsp3) is 0. The van der Waals surface area contributed by atoms with Crippen molar-refractivity contribution in [2.24, 2.45) is 5.16 Å². The zero-order valence-corrected chi connectivity index (χ0v) is 11.0. The Kier molecular flexibility index (Phi) is 3.28. The Balaban J connectivity index is 2.28. The quantitative estimate of drug-likeness (QED) is 0.421. The predicted molar refractivity (Wildman–Crippen MR) is 80.4 cm³/mol. The lowest BCUT2D eigenvalue weighted by Crippen LogP contribution is -1.89. The van der Waals surface area contributed by atoms with E-state index < -0.39 is 5.82 Å². The van der Waals surface area contributed by atoms with E-state index in [1.165, 1.54) is 18.3 Å². The molecule has 0 spiro atoms. The molecule has 0 amide bonds. The molecular weight excluding hydrogens is 269 g/mol. The number of phenols is 1. The molecule has 0 radical (unpaired) electrons. The van der Waals surface area contributed by atoms with Crippen LogP contribution in [0.5, 0.6) is 5.75 Å². The number of halogens is 1.